The summed E-state index contributed by atoms with van der Waals surface area (Å²) >= 11 is 0. The van der Waals surface area contributed by atoms with Crippen LogP contribution in [0.4, 0.5) is 19.4 Å². The first-order valence-electron chi connectivity index (χ1n) is 13.1. The number of hydrogen-bond donors (Lipinski definition) is 3. The molecule has 0 aliphatic carbocycles. The number of likely N-dealkylation sites (N-methyl/N-ethyl adjacent to an activating group) is 1. The average molecular weight is 576 g/mol. The second-order valence-corrected chi connectivity index (χ2v) is 10.1. The number of amides is 1. The molecule has 0 aromatic carbocycles. The second kappa shape index (κ2) is 14.5. The molecule has 1 aliphatic rings. The zero-order chi connectivity index (χ0) is 30.2. The van der Waals surface area contributed by atoms with Gasteiger partial charge in [0.05, 0.1) is 6.61 Å². The van der Waals surface area contributed by atoms with Crippen molar-refractivity contribution in [1.29, 1.82) is 0 Å². The third-order valence-corrected chi connectivity index (χ3v) is 6.21. The van der Waals surface area contributed by atoms with Gasteiger partial charge in [-0.2, -0.15) is 13.8 Å². The van der Waals surface area contributed by atoms with E-state index in [2.05, 4.69) is 15.6 Å². The monoisotopic (exact) mass is 575 g/mol. The largest absolute Gasteiger partial charge is 0.449 e. The van der Waals surface area contributed by atoms with Crippen molar-refractivity contribution in [1.82, 2.24) is 14.9 Å². The van der Waals surface area contributed by atoms with Gasteiger partial charge in [0, 0.05) is 6.20 Å². The molecule has 1 amide bonds. The minimum atomic E-state index is -4.07. The molecule has 15 heteroatoms. The number of aromatic nitrogens is 2. The molecule has 1 aromatic heterocycles. The van der Waals surface area contributed by atoms with Gasteiger partial charge in [-0.05, 0) is 31.4 Å². The lowest BCUT2D eigenvalue weighted by Gasteiger charge is -2.26. The van der Waals surface area contributed by atoms with Crippen LogP contribution in [0.25, 0.3) is 0 Å². The van der Waals surface area contributed by atoms with Gasteiger partial charge in [-0.3, -0.25) is 19.5 Å². The van der Waals surface area contributed by atoms with Gasteiger partial charge in [-0.1, -0.05) is 47.5 Å². The van der Waals surface area contributed by atoms with E-state index in [1.807, 2.05) is 6.92 Å². The van der Waals surface area contributed by atoms with Crippen molar-refractivity contribution in [2.24, 2.45) is 17.6 Å². The Morgan fingerprint density at radius 1 is 1.15 bits per heavy atom. The SMILES string of the molecule is CCCCCOC(=O)Nc1ccn([C@@H]2O[C@H](OC(=O)[C@@H](NC)C(C)C)[C@@H](OC(=O)[C@@H](N)C(C)C)C2(F)F)c(=O)n1. The van der Waals surface area contributed by atoms with Crippen LogP contribution in [0.2, 0.25) is 0 Å². The summed E-state index contributed by atoms with van der Waals surface area (Å²) in [5.41, 5.74) is 4.54. The van der Waals surface area contributed by atoms with Crippen LogP contribution in [0, 0.1) is 11.8 Å². The molecule has 2 rings (SSSR count). The molecule has 1 saturated heterocycles. The maximum absolute atomic E-state index is 15.7. The Morgan fingerprint density at radius 2 is 1.82 bits per heavy atom. The number of halogens is 2. The number of unbranched alkanes of at least 4 members (excludes halogenated alkanes) is 2. The van der Waals surface area contributed by atoms with Gasteiger partial charge in [0.2, 0.25) is 18.6 Å². The number of anilines is 1. The normalized spacial score (nSPS) is 21.6. The number of alkyl halides is 2. The Labute approximate surface area is 231 Å². The van der Waals surface area contributed by atoms with Gasteiger partial charge in [-0.15, -0.1) is 0 Å². The van der Waals surface area contributed by atoms with Gasteiger partial charge in [0.1, 0.15) is 17.9 Å². The van der Waals surface area contributed by atoms with E-state index in [0.29, 0.717) is 11.0 Å². The summed E-state index contributed by atoms with van der Waals surface area (Å²) < 4.78 is 52.3. The standard InChI is InChI=1S/C25H39F2N5O8/c1-7-8-9-12-37-24(36)31-15-10-11-32(23(35)30-15)22-25(26,27)18(38-19(33)16(28)13(2)3)21(40-22)39-20(34)17(29-6)14(4)5/h10-11,13-14,16-18,21-22,29H,7-9,12,28H2,1-6H3,(H,30,31,35,36)/t16-,17-,18+,21-,22+/m0/s1. The summed E-state index contributed by atoms with van der Waals surface area (Å²) in [6, 6.07) is -1.05. The molecule has 1 fully saturated rings. The van der Waals surface area contributed by atoms with Crippen LogP contribution in [0.5, 0.6) is 0 Å². The van der Waals surface area contributed by atoms with Gasteiger partial charge in [0.15, 0.2) is 0 Å². The van der Waals surface area contributed by atoms with Crippen molar-refractivity contribution >= 4 is 23.8 Å². The van der Waals surface area contributed by atoms with Crippen LogP contribution < -0.4 is 22.1 Å². The third-order valence-electron chi connectivity index (χ3n) is 6.21. The highest BCUT2D eigenvalue weighted by atomic mass is 19.3. The van der Waals surface area contributed by atoms with E-state index >= 15 is 8.78 Å². The predicted molar refractivity (Wildman–Crippen MR) is 138 cm³/mol. The Bertz CT molecular complexity index is 1080. The maximum atomic E-state index is 15.7. The molecule has 0 unspecified atom stereocenters. The highest BCUT2D eigenvalue weighted by molar-refractivity contribution is 5.83. The van der Waals surface area contributed by atoms with E-state index in [1.54, 1.807) is 27.7 Å². The van der Waals surface area contributed by atoms with Gasteiger partial charge in [0.25, 0.3) is 0 Å². The van der Waals surface area contributed by atoms with E-state index < -0.39 is 66.3 Å². The molecule has 1 aliphatic heterocycles. The van der Waals surface area contributed by atoms with E-state index in [9.17, 15) is 19.2 Å². The van der Waals surface area contributed by atoms with Crippen LogP contribution in [-0.2, 0) is 28.5 Å². The summed E-state index contributed by atoms with van der Waals surface area (Å²) in [7, 11) is 1.49. The Kier molecular flexibility index (Phi) is 11.9. The first-order chi connectivity index (χ1) is 18.7. The molecule has 0 bridgehead atoms. The number of carbonyl (C=O) groups is 3. The summed E-state index contributed by atoms with van der Waals surface area (Å²) in [5, 5.41) is 4.97. The molecule has 5 atom stereocenters. The van der Waals surface area contributed by atoms with Crippen LogP contribution in [-0.4, -0.2) is 71.6 Å². The Morgan fingerprint density at radius 3 is 2.38 bits per heavy atom. The molecular formula is C25H39F2N5O8. The minimum absolute atomic E-state index is 0.158. The molecule has 4 N–H and O–H groups in total. The number of rotatable bonds is 13. The lowest BCUT2D eigenvalue weighted by atomic mass is 10.1. The Hall–Kier alpha value is -3.17. The number of nitrogens with two attached hydrogens (primary N) is 1. The van der Waals surface area contributed by atoms with Crippen molar-refractivity contribution < 1.29 is 42.1 Å². The molecule has 226 valence electrons. The number of nitrogens with zero attached hydrogens (tertiary/aromatic N) is 2. The van der Waals surface area contributed by atoms with Crippen molar-refractivity contribution in [3.63, 3.8) is 0 Å². The number of nitrogens with one attached hydrogen (secondary N) is 2. The number of ether oxygens (including phenoxy) is 4. The van der Waals surface area contributed by atoms with Crippen LogP contribution in [0.1, 0.15) is 60.1 Å². The van der Waals surface area contributed by atoms with Crippen LogP contribution >= 0.6 is 0 Å². The first-order valence-corrected chi connectivity index (χ1v) is 13.1. The zero-order valence-corrected chi connectivity index (χ0v) is 23.5. The van der Waals surface area contributed by atoms with E-state index in [4.69, 9.17) is 24.7 Å². The Balaban J connectivity index is 2.32. The quantitative estimate of drug-likeness (QED) is 0.179. The van der Waals surface area contributed by atoms with E-state index in [-0.39, 0.29) is 18.3 Å². The zero-order valence-electron chi connectivity index (χ0n) is 23.5. The molecule has 1 aromatic rings. The third kappa shape index (κ3) is 8.17. The van der Waals surface area contributed by atoms with Crippen LogP contribution in [0.15, 0.2) is 17.1 Å². The molecule has 0 saturated carbocycles. The lowest BCUT2D eigenvalue weighted by molar-refractivity contribution is -0.205. The fourth-order valence-electron chi connectivity index (χ4n) is 3.79. The average Bonchev–Trinajstić information content (AvgIpc) is 3.10. The second-order valence-electron chi connectivity index (χ2n) is 10.1. The minimum Gasteiger partial charge on any atom is -0.449 e. The summed E-state index contributed by atoms with van der Waals surface area (Å²) in [4.78, 5) is 53.4. The van der Waals surface area contributed by atoms with Crippen molar-refractivity contribution in [2.45, 2.75) is 90.5 Å². The number of esters is 2. The molecule has 2 heterocycles. The fourth-order valence-corrected chi connectivity index (χ4v) is 3.79. The number of carbonyl (C=O) groups excluding carboxylic acids is 3. The summed E-state index contributed by atoms with van der Waals surface area (Å²) in [6.45, 7) is 8.74. The van der Waals surface area contributed by atoms with Crippen molar-refractivity contribution in [3.8, 4) is 0 Å². The summed E-state index contributed by atoms with van der Waals surface area (Å²) in [6.07, 6.45) is -4.39. The molecule has 0 radical (unpaired) electrons. The highest BCUT2D eigenvalue weighted by Crippen LogP contribution is 2.44. The van der Waals surface area contributed by atoms with Gasteiger partial charge >= 0.3 is 29.6 Å². The van der Waals surface area contributed by atoms with E-state index in [0.717, 1.165) is 25.1 Å². The topological polar surface area (TPSA) is 173 Å². The van der Waals surface area contributed by atoms with Crippen LogP contribution in [0.3, 0.4) is 0 Å². The number of hydrogen-bond acceptors (Lipinski definition) is 11. The predicted octanol–water partition coefficient (Wildman–Crippen LogP) is 2.15. The van der Waals surface area contributed by atoms with Gasteiger partial charge < -0.3 is 30.0 Å². The van der Waals surface area contributed by atoms with Crippen molar-refractivity contribution in [2.75, 3.05) is 19.0 Å². The summed E-state index contributed by atoms with van der Waals surface area (Å²) in [5.74, 6) is -7.14. The molecule has 13 nitrogen and oxygen atoms in total. The highest BCUT2D eigenvalue weighted by Gasteiger charge is 2.64. The van der Waals surface area contributed by atoms with Crippen molar-refractivity contribution in [3.05, 3.63) is 22.7 Å². The molecule has 0 spiro atoms. The lowest BCUT2D eigenvalue weighted by Crippen LogP contribution is -2.49. The smallest absolute Gasteiger partial charge is 0.412 e. The fraction of sp³-hybridized carbons (Fsp3) is 0.720. The van der Waals surface area contributed by atoms with Gasteiger partial charge in [-0.25, -0.2) is 9.59 Å². The molecule has 40 heavy (non-hydrogen) atoms. The first kappa shape index (κ1) is 33.0. The maximum Gasteiger partial charge on any atom is 0.412 e. The van der Waals surface area contributed by atoms with E-state index in [1.165, 1.54) is 7.05 Å². The molecular weight excluding hydrogens is 536 g/mol.